The molecule has 7 rings (SSSR count). The number of likely N-dealkylation sites (tertiary alicyclic amines) is 1. The fraction of sp³-hybridized carbons (Fsp3) is 0.417. The number of aryl methyl sites for hydroxylation is 1. The van der Waals surface area contributed by atoms with Gasteiger partial charge < -0.3 is 14.1 Å². The Bertz CT molecular complexity index is 1320. The van der Waals surface area contributed by atoms with Gasteiger partial charge in [0, 0.05) is 44.7 Å². The molecule has 3 fully saturated rings. The van der Waals surface area contributed by atoms with Crippen LogP contribution in [0.1, 0.15) is 18.7 Å². The van der Waals surface area contributed by atoms with Crippen LogP contribution in [0, 0.1) is 6.92 Å². The van der Waals surface area contributed by atoms with Gasteiger partial charge in [0.2, 0.25) is 0 Å². The lowest BCUT2D eigenvalue weighted by Gasteiger charge is -2.48. The minimum absolute atomic E-state index is 0.436. The van der Waals surface area contributed by atoms with Crippen molar-refractivity contribution in [3.8, 4) is 11.3 Å². The van der Waals surface area contributed by atoms with Crippen LogP contribution < -0.4 is 4.90 Å². The fourth-order valence-electron chi connectivity index (χ4n) is 5.22. The van der Waals surface area contributed by atoms with Gasteiger partial charge in [-0.2, -0.15) is 0 Å². The summed E-state index contributed by atoms with van der Waals surface area (Å²) in [7, 11) is 0. The Morgan fingerprint density at radius 1 is 0.906 bits per heavy atom. The maximum Gasteiger partial charge on any atom is 0.192 e. The van der Waals surface area contributed by atoms with Crippen LogP contribution >= 0.6 is 0 Å². The van der Waals surface area contributed by atoms with Crippen molar-refractivity contribution in [2.75, 3.05) is 31.1 Å². The summed E-state index contributed by atoms with van der Waals surface area (Å²) in [4.78, 5) is 23.6. The van der Waals surface area contributed by atoms with Gasteiger partial charge in [-0.05, 0) is 43.2 Å². The van der Waals surface area contributed by atoms with E-state index in [2.05, 4.69) is 19.8 Å². The molecule has 3 saturated heterocycles. The first kappa shape index (κ1) is 18.5. The summed E-state index contributed by atoms with van der Waals surface area (Å²) in [6, 6.07) is 10.5. The Labute approximate surface area is 185 Å². The molecule has 0 aliphatic carbocycles. The van der Waals surface area contributed by atoms with Gasteiger partial charge in [-0.1, -0.05) is 0 Å². The fourth-order valence-corrected chi connectivity index (χ4v) is 5.22. The Morgan fingerprint density at radius 2 is 1.75 bits per heavy atom. The first-order valence-corrected chi connectivity index (χ1v) is 11.3. The molecule has 8 heteroatoms. The Hall–Kier alpha value is -3.10. The van der Waals surface area contributed by atoms with Crippen LogP contribution in [0.5, 0.6) is 0 Å². The molecular formula is C24H24N6O2. The molecule has 2 atom stereocenters. The molecule has 3 aliphatic rings. The SMILES string of the molecule is Cc1nc2cc(-c3ccc4ncc(N5CC(N6CC7CCC(C6)O7)C5)nc4n3)ccc2o1. The topological polar surface area (TPSA) is 80.4 Å². The number of pyridine rings is 1. The highest BCUT2D eigenvalue weighted by Crippen LogP contribution is 2.31. The molecule has 4 aromatic rings. The summed E-state index contributed by atoms with van der Waals surface area (Å²) in [5.41, 5.74) is 4.95. The molecule has 32 heavy (non-hydrogen) atoms. The van der Waals surface area contributed by atoms with E-state index in [0.717, 1.165) is 59.9 Å². The molecule has 0 N–H and O–H groups in total. The average molecular weight is 428 g/mol. The summed E-state index contributed by atoms with van der Waals surface area (Å²) in [5, 5.41) is 0. The Balaban J connectivity index is 1.13. The number of nitrogens with zero attached hydrogens (tertiary/aromatic N) is 6. The first-order valence-electron chi connectivity index (χ1n) is 11.3. The molecule has 0 amide bonds. The second kappa shape index (κ2) is 6.95. The number of oxazole rings is 1. The predicted molar refractivity (Wildman–Crippen MR) is 121 cm³/mol. The zero-order chi connectivity index (χ0) is 21.2. The van der Waals surface area contributed by atoms with Crippen LogP contribution in [-0.2, 0) is 4.74 Å². The van der Waals surface area contributed by atoms with Crippen LogP contribution in [0.15, 0.2) is 40.9 Å². The molecule has 0 saturated carbocycles. The number of anilines is 1. The lowest BCUT2D eigenvalue weighted by Crippen LogP contribution is -2.63. The molecule has 3 aromatic heterocycles. The van der Waals surface area contributed by atoms with Crippen LogP contribution in [0.2, 0.25) is 0 Å². The van der Waals surface area contributed by atoms with Crippen molar-refractivity contribution < 1.29 is 9.15 Å². The van der Waals surface area contributed by atoms with Crippen molar-refractivity contribution >= 4 is 28.1 Å². The summed E-state index contributed by atoms with van der Waals surface area (Å²) in [5.74, 6) is 1.56. The monoisotopic (exact) mass is 428 g/mol. The highest BCUT2D eigenvalue weighted by Gasteiger charge is 2.40. The second-order valence-electron chi connectivity index (χ2n) is 9.15. The van der Waals surface area contributed by atoms with Gasteiger partial charge in [0.25, 0.3) is 0 Å². The Morgan fingerprint density at radius 3 is 2.59 bits per heavy atom. The zero-order valence-corrected chi connectivity index (χ0v) is 17.9. The predicted octanol–water partition coefficient (Wildman–Crippen LogP) is 3.19. The molecule has 3 aliphatic heterocycles. The van der Waals surface area contributed by atoms with E-state index >= 15 is 0 Å². The van der Waals surface area contributed by atoms with E-state index in [9.17, 15) is 0 Å². The highest BCUT2D eigenvalue weighted by molar-refractivity contribution is 5.82. The number of aromatic nitrogens is 4. The zero-order valence-electron chi connectivity index (χ0n) is 17.9. The van der Waals surface area contributed by atoms with Crippen LogP contribution in [0.4, 0.5) is 5.82 Å². The van der Waals surface area contributed by atoms with Crippen molar-refractivity contribution in [1.82, 2.24) is 24.8 Å². The van der Waals surface area contributed by atoms with Gasteiger partial charge in [0.1, 0.15) is 16.9 Å². The van der Waals surface area contributed by atoms with Crippen molar-refractivity contribution in [2.24, 2.45) is 0 Å². The molecule has 8 nitrogen and oxygen atoms in total. The van der Waals surface area contributed by atoms with Crippen LogP contribution in [0.25, 0.3) is 33.5 Å². The number of rotatable bonds is 3. The standard InChI is InChI=1S/C24H24N6O2/c1-14-26-21-8-15(2-7-22(21)31-14)19-5-6-20-24(27-19)28-23(9-25-20)30-10-16(11-30)29-12-17-3-4-18(13-29)32-17/h2,5-9,16-18H,3-4,10-13H2,1H3. The minimum atomic E-state index is 0.436. The molecule has 6 heterocycles. The number of ether oxygens (including phenoxy) is 1. The van der Waals surface area contributed by atoms with E-state index in [4.69, 9.17) is 19.1 Å². The molecular weight excluding hydrogens is 404 g/mol. The third-order valence-corrected chi connectivity index (χ3v) is 6.96. The van der Waals surface area contributed by atoms with E-state index in [1.807, 2.05) is 43.5 Å². The summed E-state index contributed by atoms with van der Waals surface area (Å²) in [6.45, 7) is 5.97. The largest absolute Gasteiger partial charge is 0.441 e. The number of fused-ring (bicyclic) bond motifs is 4. The first-order chi connectivity index (χ1) is 15.7. The summed E-state index contributed by atoms with van der Waals surface area (Å²) >= 11 is 0. The molecule has 1 aromatic carbocycles. The minimum Gasteiger partial charge on any atom is -0.441 e. The van der Waals surface area contributed by atoms with Crippen molar-refractivity contribution in [3.63, 3.8) is 0 Å². The van der Waals surface area contributed by atoms with Gasteiger partial charge in [-0.25, -0.2) is 19.9 Å². The third kappa shape index (κ3) is 3.05. The van der Waals surface area contributed by atoms with Gasteiger partial charge in [0.05, 0.1) is 24.1 Å². The highest BCUT2D eigenvalue weighted by atomic mass is 16.5. The van der Waals surface area contributed by atoms with E-state index in [1.54, 1.807) is 0 Å². The van der Waals surface area contributed by atoms with E-state index in [-0.39, 0.29) is 0 Å². The number of morpholine rings is 1. The van der Waals surface area contributed by atoms with Crippen molar-refractivity contribution in [1.29, 1.82) is 0 Å². The number of hydrogen-bond acceptors (Lipinski definition) is 8. The molecule has 2 unspecified atom stereocenters. The average Bonchev–Trinajstić information content (AvgIpc) is 3.31. The van der Waals surface area contributed by atoms with Gasteiger partial charge in [0.15, 0.2) is 17.1 Å². The summed E-state index contributed by atoms with van der Waals surface area (Å²) in [6.07, 6.45) is 5.17. The molecule has 162 valence electrons. The van der Waals surface area contributed by atoms with Gasteiger partial charge >= 0.3 is 0 Å². The number of hydrogen-bond donors (Lipinski definition) is 0. The third-order valence-electron chi connectivity index (χ3n) is 6.96. The maximum absolute atomic E-state index is 5.98. The maximum atomic E-state index is 5.98. The molecule has 2 bridgehead atoms. The van der Waals surface area contributed by atoms with Gasteiger partial charge in [-0.3, -0.25) is 4.90 Å². The quantitative estimate of drug-likeness (QED) is 0.492. The van der Waals surface area contributed by atoms with Gasteiger partial charge in [-0.15, -0.1) is 0 Å². The van der Waals surface area contributed by atoms with E-state index in [0.29, 0.717) is 29.8 Å². The van der Waals surface area contributed by atoms with Crippen molar-refractivity contribution in [3.05, 3.63) is 42.4 Å². The lowest BCUT2D eigenvalue weighted by molar-refractivity contribution is -0.0562. The number of benzene rings is 1. The smallest absolute Gasteiger partial charge is 0.192 e. The lowest BCUT2D eigenvalue weighted by atomic mass is 10.1. The van der Waals surface area contributed by atoms with E-state index < -0.39 is 0 Å². The van der Waals surface area contributed by atoms with E-state index in [1.165, 1.54) is 12.8 Å². The van der Waals surface area contributed by atoms with Crippen molar-refractivity contribution in [2.45, 2.75) is 38.0 Å². The molecule has 0 spiro atoms. The van der Waals surface area contributed by atoms with Crippen LogP contribution in [0.3, 0.4) is 0 Å². The second-order valence-corrected chi connectivity index (χ2v) is 9.15. The van der Waals surface area contributed by atoms with Crippen LogP contribution in [-0.4, -0.2) is 69.3 Å². The molecule has 0 radical (unpaired) electrons. The summed E-state index contributed by atoms with van der Waals surface area (Å²) < 4.78 is 11.6. The normalized spacial score (nSPS) is 23.8. The Kier molecular flexibility index (Phi) is 4.01.